The molecule has 1 aromatic carbocycles. The summed E-state index contributed by atoms with van der Waals surface area (Å²) in [7, 11) is 0. The largest absolute Gasteiger partial charge is 0.393 e. The molecule has 1 saturated heterocycles. The molecule has 1 aliphatic heterocycles. The lowest BCUT2D eigenvalue weighted by Gasteiger charge is -2.36. The molecule has 0 aliphatic carbocycles. The molecular formula is C14H16F3NO. The van der Waals surface area contributed by atoms with Crippen LogP contribution in [0.5, 0.6) is 0 Å². The first-order valence-corrected chi connectivity index (χ1v) is 6.29. The van der Waals surface area contributed by atoms with Crippen LogP contribution in [-0.4, -0.2) is 25.6 Å². The van der Waals surface area contributed by atoms with Crippen molar-refractivity contribution in [3.8, 4) is 0 Å². The van der Waals surface area contributed by atoms with E-state index in [1.54, 1.807) is 23.1 Å². The summed E-state index contributed by atoms with van der Waals surface area (Å²) >= 11 is 0. The number of rotatable bonds is 2. The van der Waals surface area contributed by atoms with Crippen molar-refractivity contribution in [3.05, 3.63) is 29.3 Å². The van der Waals surface area contributed by atoms with Crippen molar-refractivity contribution >= 4 is 12.0 Å². The molecule has 2 nitrogen and oxygen atoms in total. The molecule has 1 atom stereocenters. The second-order valence-corrected chi connectivity index (χ2v) is 4.99. The van der Waals surface area contributed by atoms with E-state index in [4.69, 9.17) is 0 Å². The SMILES string of the molecule is Cc1cc(C=O)ccc1N1CCCC(C(F)(F)F)C1. The van der Waals surface area contributed by atoms with E-state index in [-0.39, 0.29) is 13.0 Å². The van der Waals surface area contributed by atoms with Gasteiger partial charge in [0.05, 0.1) is 5.92 Å². The number of nitrogens with zero attached hydrogens (tertiary/aromatic N) is 1. The third-order valence-corrected chi connectivity index (χ3v) is 3.58. The fourth-order valence-electron chi connectivity index (χ4n) is 2.57. The Bertz CT molecular complexity index is 470. The first-order chi connectivity index (χ1) is 8.91. The number of aryl methyl sites for hydroxylation is 1. The third-order valence-electron chi connectivity index (χ3n) is 3.58. The molecule has 1 unspecified atom stereocenters. The van der Waals surface area contributed by atoms with E-state index >= 15 is 0 Å². The van der Waals surface area contributed by atoms with Crippen molar-refractivity contribution in [1.29, 1.82) is 0 Å². The highest BCUT2D eigenvalue weighted by atomic mass is 19.4. The molecule has 19 heavy (non-hydrogen) atoms. The van der Waals surface area contributed by atoms with E-state index in [9.17, 15) is 18.0 Å². The Balaban J connectivity index is 2.20. The van der Waals surface area contributed by atoms with Crippen LogP contribution < -0.4 is 4.90 Å². The number of alkyl halides is 3. The van der Waals surface area contributed by atoms with Crippen LogP contribution in [-0.2, 0) is 0 Å². The number of aldehydes is 1. The van der Waals surface area contributed by atoms with Crippen LogP contribution in [0.4, 0.5) is 18.9 Å². The lowest BCUT2D eigenvalue weighted by molar-refractivity contribution is -0.176. The Morgan fingerprint density at radius 2 is 2.11 bits per heavy atom. The van der Waals surface area contributed by atoms with Crippen molar-refractivity contribution in [1.82, 2.24) is 0 Å². The number of benzene rings is 1. The van der Waals surface area contributed by atoms with Crippen LogP contribution in [0.25, 0.3) is 0 Å². The molecule has 1 fully saturated rings. The molecule has 0 spiro atoms. The van der Waals surface area contributed by atoms with Crippen LogP contribution in [0, 0.1) is 12.8 Å². The summed E-state index contributed by atoms with van der Waals surface area (Å²) in [6.45, 7) is 2.46. The number of hydrogen-bond donors (Lipinski definition) is 0. The monoisotopic (exact) mass is 271 g/mol. The molecule has 104 valence electrons. The van der Waals surface area contributed by atoms with Gasteiger partial charge < -0.3 is 4.90 Å². The number of halogens is 3. The lowest BCUT2D eigenvalue weighted by atomic mass is 9.96. The zero-order valence-corrected chi connectivity index (χ0v) is 10.7. The molecule has 1 heterocycles. The summed E-state index contributed by atoms with van der Waals surface area (Å²) in [5, 5.41) is 0. The van der Waals surface area contributed by atoms with Gasteiger partial charge in [-0.1, -0.05) is 0 Å². The summed E-state index contributed by atoms with van der Waals surface area (Å²) in [6, 6.07) is 5.09. The molecule has 0 N–H and O–H groups in total. The Morgan fingerprint density at radius 1 is 1.37 bits per heavy atom. The molecule has 0 aromatic heterocycles. The lowest BCUT2D eigenvalue weighted by Crippen LogP contribution is -2.42. The van der Waals surface area contributed by atoms with Crippen LogP contribution >= 0.6 is 0 Å². The minimum atomic E-state index is -4.13. The van der Waals surface area contributed by atoms with Gasteiger partial charge in [0.1, 0.15) is 6.29 Å². The van der Waals surface area contributed by atoms with Gasteiger partial charge in [-0.3, -0.25) is 4.79 Å². The van der Waals surface area contributed by atoms with Gasteiger partial charge >= 0.3 is 6.18 Å². The highest BCUT2D eigenvalue weighted by Crippen LogP contribution is 2.35. The van der Waals surface area contributed by atoms with Gasteiger partial charge in [0.15, 0.2) is 0 Å². The smallest absolute Gasteiger partial charge is 0.371 e. The van der Waals surface area contributed by atoms with E-state index < -0.39 is 12.1 Å². The zero-order chi connectivity index (χ0) is 14.0. The predicted molar refractivity (Wildman–Crippen MR) is 67.6 cm³/mol. The van der Waals surface area contributed by atoms with Crippen molar-refractivity contribution in [2.24, 2.45) is 5.92 Å². The maximum absolute atomic E-state index is 12.8. The summed E-state index contributed by atoms with van der Waals surface area (Å²) in [6.07, 6.45) is -2.65. The average molecular weight is 271 g/mol. The summed E-state index contributed by atoms with van der Waals surface area (Å²) in [5.74, 6) is -1.26. The van der Waals surface area contributed by atoms with Crippen molar-refractivity contribution < 1.29 is 18.0 Å². The van der Waals surface area contributed by atoms with Gasteiger partial charge in [-0.15, -0.1) is 0 Å². The van der Waals surface area contributed by atoms with Crippen LogP contribution in [0.1, 0.15) is 28.8 Å². The highest BCUT2D eigenvalue weighted by Gasteiger charge is 2.41. The number of hydrogen-bond acceptors (Lipinski definition) is 2. The Hall–Kier alpha value is -1.52. The summed E-state index contributed by atoms with van der Waals surface area (Å²) < 4.78 is 38.3. The molecular weight excluding hydrogens is 255 g/mol. The summed E-state index contributed by atoms with van der Waals surface area (Å²) in [4.78, 5) is 12.4. The molecule has 1 aliphatic rings. The fourth-order valence-corrected chi connectivity index (χ4v) is 2.57. The molecule has 0 radical (unpaired) electrons. The fraction of sp³-hybridized carbons (Fsp3) is 0.500. The molecule has 5 heteroatoms. The second kappa shape index (κ2) is 5.23. The number of carbonyl (C=O) groups excluding carboxylic acids is 1. The van der Waals surface area contributed by atoms with Crippen LogP contribution in [0.15, 0.2) is 18.2 Å². The third kappa shape index (κ3) is 3.08. The van der Waals surface area contributed by atoms with Gasteiger partial charge in [0.2, 0.25) is 0 Å². The van der Waals surface area contributed by atoms with Gasteiger partial charge in [-0.05, 0) is 43.5 Å². The Morgan fingerprint density at radius 3 is 2.68 bits per heavy atom. The van der Waals surface area contributed by atoms with E-state index in [1.807, 2.05) is 6.92 Å². The molecule has 2 rings (SSSR count). The Labute approximate surface area is 110 Å². The molecule has 1 aromatic rings. The Kier molecular flexibility index (Phi) is 3.83. The predicted octanol–water partition coefficient (Wildman–Crippen LogP) is 3.59. The van der Waals surface area contributed by atoms with Gasteiger partial charge in [0.25, 0.3) is 0 Å². The van der Waals surface area contributed by atoms with Gasteiger partial charge in [0, 0.05) is 24.3 Å². The van der Waals surface area contributed by atoms with E-state index in [2.05, 4.69) is 0 Å². The highest BCUT2D eigenvalue weighted by molar-refractivity contribution is 5.77. The molecule has 0 saturated carbocycles. The summed E-state index contributed by atoms with van der Waals surface area (Å²) in [5.41, 5.74) is 2.18. The minimum Gasteiger partial charge on any atom is -0.371 e. The average Bonchev–Trinajstić information content (AvgIpc) is 2.37. The van der Waals surface area contributed by atoms with E-state index in [0.717, 1.165) is 17.5 Å². The van der Waals surface area contributed by atoms with Crippen LogP contribution in [0.3, 0.4) is 0 Å². The van der Waals surface area contributed by atoms with Gasteiger partial charge in [-0.2, -0.15) is 13.2 Å². The molecule has 0 amide bonds. The van der Waals surface area contributed by atoms with Crippen molar-refractivity contribution in [2.75, 3.05) is 18.0 Å². The first kappa shape index (κ1) is 13.9. The van der Waals surface area contributed by atoms with Crippen LogP contribution in [0.2, 0.25) is 0 Å². The van der Waals surface area contributed by atoms with Crippen molar-refractivity contribution in [2.45, 2.75) is 25.9 Å². The maximum Gasteiger partial charge on any atom is 0.393 e. The molecule has 0 bridgehead atoms. The topological polar surface area (TPSA) is 20.3 Å². The number of piperidine rings is 1. The minimum absolute atomic E-state index is 0.00474. The number of anilines is 1. The second-order valence-electron chi connectivity index (χ2n) is 4.99. The first-order valence-electron chi connectivity index (χ1n) is 6.29. The number of carbonyl (C=O) groups is 1. The normalized spacial score (nSPS) is 20.4. The van der Waals surface area contributed by atoms with E-state index in [0.29, 0.717) is 18.5 Å². The maximum atomic E-state index is 12.8. The van der Waals surface area contributed by atoms with E-state index in [1.165, 1.54) is 0 Å². The zero-order valence-electron chi connectivity index (χ0n) is 10.7. The standard InChI is InChI=1S/C14H16F3NO/c1-10-7-11(9-19)4-5-13(10)18-6-2-3-12(8-18)14(15,16)17/h4-5,7,9,12H,2-3,6,8H2,1H3. The van der Waals surface area contributed by atoms with Gasteiger partial charge in [-0.25, -0.2) is 0 Å². The van der Waals surface area contributed by atoms with Crippen molar-refractivity contribution in [3.63, 3.8) is 0 Å². The quantitative estimate of drug-likeness (QED) is 0.766.